The van der Waals surface area contributed by atoms with Gasteiger partial charge in [0.15, 0.2) is 5.78 Å². The second-order valence-electron chi connectivity index (χ2n) is 5.60. The zero-order valence-electron chi connectivity index (χ0n) is 11.7. The average molecular weight is 295 g/mol. The molecule has 0 aromatic heterocycles. The number of hydrogen-bond acceptors (Lipinski definition) is 2. The Balaban J connectivity index is 2.30. The molecule has 2 nitrogen and oxygen atoms in total. The number of halogens is 3. The minimum Gasteiger partial charge on any atom is -0.298 e. The van der Waals surface area contributed by atoms with Crippen LogP contribution in [0.5, 0.6) is 0 Å². The van der Waals surface area contributed by atoms with Crippen LogP contribution in [0, 0.1) is 23.2 Å². The zero-order valence-corrected chi connectivity index (χ0v) is 11.7. The number of nitrogens with zero attached hydrogens (tertiary/aromatic N) is 1. The Morgan fingerprint density at radius 1 is 1.38 bits per heavy atom. The molecule has 0 amide bonds. The second-order valence-corrected chi connectivity index (χ2v) is 5.60. The van der Waals surface area contributed by atoms with Gasteiger partial charge >= 0.3 is 6.18 Å². The minimum absolute atomic E-state index is 0.136. The average Bonchev–Trinajstić information content (AvgIpc) is 2.85. The number of carbonyl (C=O) groups is 1. The monoisotopic (exact) mass is 295 g/mol. The highest BCUT2D eigenvalue weighted by molar-refractivity contribution is 5.90. The van der Waals surface area contributed by atoms with Gasteiger partial charge in [-0.15, -0.1) is 0 Å². The van der Waals surface area contributed by atoms with E-state index in [1.807, 2.05) is 13.0 Å². The molecule has 112 valence electrons. The van der Waals surface area contributed by atoms with E-state index in [4.69, 9.17) is 0 Å². The lowest BCUT2D eigenvalue weighted by Gasteiger charge is -2.18. The number of ketones is 1. The van der Waals surface area contributed by atoms with Crippen molar-refractivity contribution in [2.75, 3.05) is 0 Å². The minimum atomic E-state index is -4.47. The highest BCUT2D eigenvalue weighted by Gasteiger charge is 2.36. The van der Waals surface area contributed by atoms with Crippen LogP contribution in [0.4, 0.5) is 13.2 Å². The van der Waals surface area contributed by atoms with Gasteiger partial charge in [-0.25, -0.2) is 0 Å². The van der Waals surface area contributed by atoms with E-state index in [9.17, 15) is 23.2 Å². The van der Waals surface area contributed by atoms with E-state index in [1.165, 1.54) is 12.1 Å². The molecular formula is C16H16F3NO. The lowest BCUT2D eigenvalue weighted by molar-refractivity contribution is -0.137. The molecule has 21 heavy (non-hydrogen) atoms. The lowest BCUT2D eigenvalue weighted by atomic mass is 9.83. The summed E-state index contributed by atoms with van der Waals surface area (Å²) in [5, 5.41) is 9.24. The van der Waals surface area contributed by atoms with Gasteiger partial charge in [-0.05, 0) is 30.4 Å². The Bertz CT molecular complexity index is 574. The number of hydrogen-bond donors (Lipinski definition) is 0. The van der Waals surface area contributed by atoms with Crippen LogP contribution >= 0.6 is 0 Å². The molecule has 1 aromatic rings. The smallest absolute Gasteiger partial charge is 0.298 e. The van der Waals surface area contributed by atoms with Crippen LogP contribution in [0.25, 0.3) is 0 Å². The number of nitriles is 1. The van der Waals surface area contributed by atoms with Gasteiger partial charge in [-0.3, -0.25) is 4.79 Å². The SMILES string of the molecule is CC1CCCC1C(=O)C(C#N)c1cccc(C(F)(F)F)c1. The van der Waals surface area contributed by atoms with Crippen molar-refractivity contribution >= 4 is 5.78 Å². The molecule has 1 saturated carbocycles. The first-order valence-electron chi connectivity index (χ1n) is 6.95. The van der Waals surface area contributed by atoms with Gasteiger partial charge in [0, 0.05) is 5.92 Å². The molecule has 0 spiro atoms. The first-order chi connectivity index (χ1) is 9.84. The summed E-state index contributed by atoms with van der Waals surface area (Å²) in [6, 6.07) is 6.39. The molecule has 3 atom stereocenters. The third kappa shape index (κ3) is 3.26. The summed E-state index contributed by atoms with van der Waals surface area (Å²) < 4.78 is 38.2. The summed E-state index contributed by atoms with van der Waals surface area (Å²) >= 11 is 0. The van der Waals surface area contributed by atoms with E-state index in [0.29, 0.717) is 0 Å². The van der Waals surface area contributed by atoms with Gasteiger partial charge in [0.25, 0.3) is 0 Å². The van der Waals surface area contributed by atoms with E-state index < -0.39 is 17.7 Å². The van der Waals surface area contributed by atoms with Crippen molar-refractivity contribution in [1.29, 1.82) is 5.26 Å². The maximum atomic E-state index is 12.7. The zero-order chi connectivity index (χ0) is 15.6. The Labute approximate surface area is 121 Å². The molecule has 0 radical (unpaired) electrons. The molecule has 0 N–H and O–H groups in total. The topological polar surface area (TPSA) is 40.9 Å². The van der Waals surface area contributed by atoms with E-state index in [1.54, 1.807) is 0 Å². The van der Waals surface area contributed by atoms with Gasteiger partial charge in [0.1, 0.15) is 5.92 Å². The van der Waals surface area contributed by atoms with Crippen LogP contribution in [-0.4, -0.2) is 5.78 Å². The van der Waals surface area contributed by atoms with Crippen molar-refractivity contribution in [3.8, 4) is 6.07 Å². The molecule has 0 aliphatic heterocycles. The fourth-order valence-electron chi connectivity index (χ4n) is 2.98. The van der Waals surface area contributed by atoms with Crippen molar-refractivity contribution in [3.05, 3.63) is 35.4 Å². The lowest BCUT2D eigenvalue weighted by Crippen LogP contribution is -2.23. The van der Waals surface area contributed by atoms with Crippen molar-refractivity contribution in [1.82, 2.24) is 0 Å². The quantitative estimate of drug-likeness (QED) is 0.833. The largest absolute Gasteiger partial charge is 0.416 e. The van der Waals surface area contributed by atoms with Gasteiger partial charge in [0.2, 0.25) is 0 Å². The van der Waals surface area contributed by atoms with Crippen molar-refractivity contribution in [2.24, 2.45) is 11.8 Å². The number of rotatable bonds is 3. The molecule has 0 heterocycles. The van der Waals surface area contributed by atoms with Crippen LogP contribution in [0.15, 0.2) is 24.3 Å². The number of carbonyl (C=O) groups excluding carboxylic acids is 1. The predicted octanol–water partition coefficient (Wildman–Crippen LogP) is 4.32. The van der Waals surface area contributed by atoms with Gasteiger partial charge < -0.3 is 0 Å². The van der Waals surface area contributed by atoms with Crippen molar-refractivity contribution in [2.45, 2.75) is 38.3 Å². The summed E-state index contributed by atoms with van der Waals surface area (Å²) in [7, 11) is 0. The molecule has 1 aliphatic carbocycles. The first-order valence-corrected chi connectivity index (χ1v) is 6.95. The van der Waals surface area contributed by atoms with Crippen LogP contribution in [-0.2, 0) is 11.0 Å². The Hall–Kier alpha value is -1.83. The van der Waals surface area contributed by atoms with E-state index in [0.717, 1.165) is 31.4 Å². The Kier molecular flexibility index (Phi) is 4.36. The molecule has 2 rings (SSSR count). The Morgan fingerprint density at radius 3 is 2.62 bits per heavy atom. The summed E-state index contributed by atoms with van der Waals surface area (Å²) in [5.41, 5.74) is -0.691. The summed E-state index contributed by atoms with van der Waals surface area (Å²) in [6.45, 7) is 1.95. The summed E-state index contributed by atoms with van der Waals surface area (Å²) in [4.78, 5) is 12.4. The molecule has 0 saturated heterocycles. The summed E-state index contributed by atoms with van der Waals surface area (Å²) in [5.74, 6) is -1.39. The second kappa shape index (κ2) is 5.88. The normalized spacial score (nSPS) is 23.6. The van der Waals surface area contributed by atoms with Crippen molar-refractivity contribution < 1.29 is 18.0 Å². The maximum Gasteiger partial charge on any atom is 0.416 e. The third-order valence-corrected chi connectivity index (χ3v) is 4.19. The van der Waals surface area contributed by atoms with Gasteiger partial charge in [-0.2, -0.15) is 18.4 Å². The molecule has 5 heteroatoms. The standard InChI is InChI=1S/C16H16F3NO/c1-10-4-2-7-13(10)15(21)14(9-20)11-5-3-6-12(8-11)16(17,18)19/h3,5-6,8,10,13-14H,2,4,7H2,1H3. The predicted molar refractivity (Wildman–Crippen MR) is 71.3 cm³/mol. The Morgan fingerprint density at radius 2 is 2.10 bits per heavy atom. The van der Waals surface area contributed by atoms with E-state index in [-0.39, 0.29) is 23.2 Å². The molecule has 0 bridgehead atoms. The fraction of sp³-hybridized carbons (Fsp3) is 0.500. The molecule has 1 aliphatic rings. The highest BCUT2D eigenvalue weighted by Crippen LogP contribution is 2.37. The highest BCUT2D eigenvalue weighted by atomic mass is 19.4. The number of benzene rings is 1. The van der Waals surface area contributed by atoms with E-state index >= 15 is 0 Å². The van der Waals surface area contributed by atoms with E-state index in [2.05, 4.69) is 0 Å². The van der Waals surface area contributed by atoms with Crippen molar-refractivity contribution in [3.63, 3.8) is 0 Å². The third-order valence-electron chi connectivity index (χ3n) is 4.19. The van der Waals surface area contributed by atoms with Crippen LogP contribution in [0.2, 0.25) is 0 Å². The molecule has 1 aromatic carbocycles. The van der Waals surface area contributed by atoms with Gasteiger partial charge in [0.05, 0.1) is 11.6 Å². The van der Waals surface area contributed by atoms with Crippen LogP contribution in [0.3, 0.4) is 0 Å². The maximum absolute atomic E-state index is 12.7. The first kappa shape index (κ1) is 15.6. The number of alkyl halides is 3. The van der Waals surface area contributed by atoms with Gasteiger partial charge in [-0.1, -0.05) is 31.5 Å². The molecule has 3 unspecified atom stereocenters. The molecule has 1 fully saturated rings. The molecular weight excluding hydrogens is 279 g/mol. The number of Topliss-reactive ketones (excluding diaryl/α,β-unsaturated/α-hetero) is 1. The van der Waals surface area contributed by atoms with Crippen LogP contribution < -0.4 is 0 Å². The fourth-order valence-corrected chi connectivity index (χ4v) is 2.98. The van der Waals surface area contributed by atoms with Crippen LogP contribution in [0.1, 0.15) is 43.2 Å². The summed E-state index contributed by atoms with van der Waals surface area (Å²) in [6.07, 6.45) is -1.90.